The van der Waals surface area contributed by atoms with Gasteiger partial charge in [-0.25, -0.2) is 0 Å². The average molecular weight is 328 g/mol. The minimum Gasteiger partial charge on any atom is -0.0622 e. The maximum atomic E-state index is 3.29. The van der Waals surface area contributed by atoms with Crippen LogP contribution < -0.4 is 0 Å². The summed E-state index contributed by atoms with van der Waals surface area (Å²) >= 11 is 0. The number of benzene rings is 3. The molecule has 1 aliphatic carbocycles. The first-order valence-corrected chi connectivity index (χ1v) is 8.56. The third kappa shape index (κ3) is 3.51. The van der Waals surface area contributed by atoms with Crippen molar-refractivity contribution in [1.29, 1.82) is 0 Å². The Morgan fingerprint density at radius 2 is 1.08 bits per heavy atom. The Morgan fingerprint density at radius 1 is 0.538 bits per heavy atom. The lowest BCUT2D eigenvalue weighted by atomic mass is 10.0. The molecule has 4 rings (SSSR count). The largest absolute Gasteiger partial charge is 0.0830 e. The van der Waals surface area contributed by atoms with E-state index in [1.165, 1.54) is 11.1 Å². The van der Waals surface area contributed by atoms with Gasteiger partial charge in [-0.1, -0.05) is 96.5 Å². The third-order valence-electron chi connectivity index (χ3n) is 4.16. The van der Waals surface area contributed by atoms with Crippen LogP contribution in [0.2, 0.25) is 0 Å². The molecule has 0 heterocycles. The molecule has 0 radical (unpaired) electrons. The molecule has 0 bridgehead atoms. The summed E-state index contributed by atoms with van der Waals surface area (Å²) in [6, 6.07) is 28.4. The summed E-state index contributed by atoms with van der Waals surface area (Å²) in [7, 11) is 0. The van der Waals surface area contributed by atoms with Gasteiger partial charge < -0.3 is 0 Å². The van der Waals surface area contributed by atoms with Crippen LogP contribution >= 0.6 is 0 Å². The molecule has 0 unspecified atom stereocenters. The van der Waals surface area contributed by atoms with Gasteiger partial charge in [0.15, 0.2) is 0 Å². The molecular weight excluding hydrogens is 312 g/mol. The zero-order chi connectivity index (χ0) is 17.6. The summed E-state index contributed by atoms with van der Waals surface area (Å²) in [5.41, 5.74) is 6.31. The highest BCUT2D eigenvalue weighted by Gasteiger charge is 2.12. The van der Waals surface area contributed by atoms with Gasteiger partial charge in [0.25, 0.3) is 0 Å². The fraction of sp³-hybridized carbons (Fsp3) is 0. The molecule has 3 aromatic rings. The standard InChI is InChI=1S/C26H16/c1-3-9-21(10-4-1)15-17-24(18-16-22-11-5-2-6-12-22)26-20-19-23-13-7-8-14-25(23)26/h1-14,19-20H. The smallest absolute Gasteiger partial charge is 0.0622 e. The second kappa shape index (κ2) is 7.43. The zero-order valence-corrected chi connectivity index (χ0v) is 14.2. The van der Waals surface area contributed by atoms with Crippen molar-refractivity contribution >= 4 is 11.6 Å². The molecule has 3 aromatic carbocycles. The summed E-state index contributed by atoms with van der Waals surface area (Å²) in [6.07, 6.45) is 4.23. The molecule has 120 valence electrons. The van der Waals surface area contributed by atoms with E-state index in [1.54, 1.807) is 0 Å². The minimum atomic E-state index is 0.846. The van der Waals surface area contributed by atoms with E-state index in [0.29, 0.717) is 0 Å². The van der Waals surface area contributed by atoms with Crippen LogP contribution in [0.25, 0.3) is 11.6 Å². The van der Waals surface area contributed by atoms with Crippen LogP contribution in [-0.4, -0.2) is 0 Å². The van der Waals surface area contributed by atoms with Crippen LogP contribution in [0.1, 0.15) is 22.3 Å². The van der Waals surface area contributed by atoms with E-state index in [0.717, 1.165) is 22.3 Å². The van der Waals surface area contributed by atoms with Crippen molar-refractivity contribution in [3.63, 3.8) is 0 Å². The maximum Gasteiger partial charge on any atom is 0.0830 e. The number of hydrogen-bond acceptors (Lipinski definition) is 0. The van der Waals surface area contributed by atoms with Crippen molar-refractivity contribution in [3.8, 4) is 23.7 Å². The topological polar surface area (TPSA) is 0 Å². The Labute approximate surface area is 154 Å². The lowest BCUT2D eigenvalue weighted by molar-refractivity contribution is 1.60. The molecule has 0 N–H and O–H groups in total. The third-order valence-corrected chi connectivity index (χ3v) is 4.16. The zero-order valence-electron chi connectivity index (χ0n) is 14.2. The molecule has 0 atom stereocenters. The van der Waals surface area contributed by atoms with Crippen molar-refractivity contribution in [1.82, 2.24) is 0 Å². The summed E-state index contributed by atoms with van der Waals surface area (Å²) in [5.74, 6) is 13.1. The lowest BCUT2D eigenvalue weighted by Crippen LogP contribution is -1.86. The van der Waals surface area contributed by atoms with E-state index in [9.17, 15) is 0 Å². The molecule has 0 fully saturated rings. The van der Waals surface area contributed by atoms with E-state index in [-0.39, 0.29) is 0 Å². The second-order valence-corrected chi connectivity index (χ2v) is 5.94. The maximum absolute atomic E-state index is 3.29. The summed E-state index contributed by atoms with van der Waals surface area (Å²) < 4.78 is 0. The Morgan fingerprint density at radius 3 is 1.69 bits per heavy atom. The molecule has 0 aromatic heterocycles. The Balaban J connectivity index is 1.82. The quantitative estimate of drug-likeness (QED) is 0.473. The van der Waals surface area contributed by atoms with Gasteiger partial charge in [-0.15, -0.1) is 0 Å². The normalized spacial score (nSPS) is 11.0. The van der Waals surface area contributed by atoms with Gasteiger partial charge >= 0.3 is 0 Å². The van der Waals surface area contributed by atoms with Crippen molar-refractivity contribution < 1.29 is 0 Å². The Bertz CT molecular complexity index is 1050. The lowest BCUT2D eigenvalue weighted by Gasteiger charge is -2.01. The van der Waals surface area contributed by atoms with Gasteiger partial charge in [0.05, 0.1) is 5.57 Å². The molecule has 26 heavy (non-hydrogen) atoms. The van der Waals surface area contributed by atoms with Gasteiger partial charge in [0.1, 0.15) is 0 Å². The molecule has 0 spiro atoms. The van der Waals surface area contributed by atoms with Crippen LogP contribution in [0.4, 0.5) is 0 Å². The van der Waals surface area contributed by atoms with Crippen molar-refractivity contribution in [3.05, 3.63) is 119 Å². The van der Waals surface area contributed by atoms with Crippen molar-refractivity contribution in [2.75, 3.05) is 0 Å². The second-order valence-electron chi connectivity index (χ2n) is 5.94. The minimum absolute atomic E-state index is 0.846. The molecule has 0 saturated carbocycles. The number of rotatable bonds is 0. The van der Waals surface area contributed by atoms with Gasteiger partial charge in [0.2, 0.25) is 0 Å². The Kier molecular flexibility index (Phi) is 4.51. The highest BCUT2D eigenvalue weighted by molar-refractivity contribution is 5.94. The van der Waals surface area contributed by atoms with Crippen LogP contribution in [0.3, 0.4) is 0 Å². The van der Waals surface area contributed by atoms with E-state index in [2.05, 4.69) is 60.1 Å². The van der Waals surface area contributed by atoms with Crippen LogP contribution in [-0.2, 0) is 0 Å². The van der Waals surface area contributed by atoms with Gasteiger partial charge in [-0.3, -0.25) is 0 Å². The molecule has 0 nitrogen and oxygen atoms in total. The number of fused-ring (bicyclic) bond motifs is 1. The highest BCUT2D eigenvalue weighted by atomic mass is 14.1. The molecular formula is C26H16. The molecule has 0 aliphatic heterocycles. The summed E-state index contributed by atoms with van der Waals surface area (Å²) in [4.78, 5) is 0. The predicted octanol–water partition coefficient (Wildman–Crippen LogP) is 5.57. The van der Waals surface area contributed by atoms with E-state index in [1.807, 2.05) is 60.7 Å². The Hall–Kier alpha value is -3.74. The highest BCUT2D eigenvalue weighted by Crippen LogP contribution is 2.31. The van der Waals surface area contributed by atoms with Gasteiger partial charge in [-0.05, 0) is 35.4 Å². The first-order chi connectivity index (χ1) is 12.9. The SMILES string of the molecule is C(#Cc1ccccc1)C(C#Cc1ccccc1)=C1C=Cc2ccccc21. The van der Waals surface area contributed by atoms with Crippen LogP contribution in [0.15, 0.2) is 96.6 Å². The average Bonchev–Trinajstić information content (AvgIpc) is 3.14. The molecule has 0 saturated heterocycles. The van der Waals surface area contributed by atoms with Crippen molar-refractivity contribution in [2.24, 2.45) is 0 Å². The van der Waals surface area contributed by atoms with E-state index >= 15 is 0 Å². The molecule has 0 amide bonds. The first kappa shape index (κ1) is 15.8. The number of hydrogen-bond donors (Lipinski definition) is 0. The number of allylic oxidation sites excluding steroid dienone is 3. The molecule has 0 heteroatoms. The van der Waals surface area contributed by atoms with E-state index in [4.69, 9.17) is 0 Å². The fourth-order valence-electron chi connectivity index (χ4n) is 2.85. The van der Waals surface area contributed by atoms with E-state index < -0.39 is 0 Å². The summed E-state index contributed by atoms with van der Waals surface area (Å²) in [5, 5.41) is 0. The van der Waals surface area contributed by atoms with Crippen LogP contribution in [0, 0.1) is 23.7 Å². The first-order valence-electron chi connectivity index (χ1n) is 8.56. The van der Waals surface area contributed by atoms with Crippen molar-refractivity contribution in [2.45, 2.75) is 0 Å². The van der Waals surface area contributed by atoms with Gasteiger partial charge in [-0.2, -0.15) is 0 Å². The fourth-order valence-corrected chi connectivity index (χ4v) is 2.85. The molecule has 1 aliphatic rings. The summed E-state index contributed by atoms with van der Waals surface area (Å²) in [6.45, 7) is 0. The monoisotopic (exact) mass is 328 g/mol. The predicted molar refractivity (Wildman–Crippen MR) is 109 cm³/mol. The van der Waals surface area contributed by atoms with Crippen LogP contribution in [0.5, 0.6) is 0 Å². The van der Waals surface area contributed by atoms with Gasteiger partial charge in [0, 0.05) is 16.7 Å².